The first-order valence-electron chi connectivity index (χ1n) is 9.70. The van der Waals surface area contributed by atoms with Crippen molar-refractivity contribution in [2.24, 2.45) is 0 Å². The second-order valence-corrected chi connectivity index (χ2v) is 7.89. The molecular formula is C22H20O7. The van der Waals surface area contributed by atoms with Gasteiger partial charge in [0.2, 0.25) is 5.79 Å². The maximum atomic E-state index is 12.7. The van der Waals surface area contributed by atoms with Gasteiger partial charge in [0, 0.05) is 38.2 Å². The number of carbonyl (C=O) groups is 1. The van der Waals surface area contributed by atoms with Gasteiger partial charge in [0.15, 0.2) is 5.78 Å². The Balaban J connectivity index is 1.68. The van der Waals surface area contributed by atoms with Crippen molar-refractivity contribution < 1.29 is 33.6 Å². The first-order chi connectivity index (χ1) is 14.0. The first kappa shape index (κ1) is 17.3. The smallest absolute Gasteiger partial charge is 0.271 e. The zero-order chi connectivity index (χ0) is 20.0. The number of benzene rings is 2. The quantitative estimate of drug-likeness (QED) is 0.834. The summed E-state index contributed by atoms with van der Waals surface area (Å²) < 4.78 is 30.9. The molecule has 6 rings (SSSR count). The Morgan fingerprint density at radius 1 is 1.07 bits per heavy atom. The number of phenolic OH excluding ortho intramolecular Hbond substituents is 1. The summed E-state index contributed by atoms with van der Waals surface area (Å²) in [6, 6.07) is 8.70. The molecule has 0 fully saturated rings. The molecule has 4 aliphatic rings. The lowest BCUT2D eigenvalue weighted by Gasteiger charge is -2.57. The lowest BCUT2D eigenvalue weighted by molar-refractivity contribution is -0.390. The van der Waals surface area contributed by atoms with Crippen molar-refractivity contribution in [1.29, 1.82) is 0 Å². The number of hydrogen-bond acceptors (Lipinski definition) is 7. The molecule has 29 heavy (non-hydrogen) atoms. The highest BCUT2D eigenvalue weighted by atomic mass is 16.8. The summed E-state index contributed by atoms with van der Waals surface area (Å²) in [4.78, 5) is 12.7. The molecule has 1 N–H and O–H groups in total. The highest BCUT2D eigenvalue weighted by Gasteiger charge is 2.66. The lowest BCUT2D eigenvalue weighted by atomic mass is 9.76. The van der Waals surface area contributed by atoms with Crippen LogP contribution in [0.2, 0.25) is 0 Å². The highest BCUT2D eigenvalue weighted by Crippen LogP contribution is 2.63. The van der Waals surface area contributed by atoms with Crippen molar-refractivity contribution >= 4 is 5.78 Å². The minimum absolute atomic E-state index is 0.0358. The number of phenols is 1. The molecule has 0 aromatic heterocycles. The first-order valence-corrected chi connectivity index (χ1v) is 9.70. The third kappa shape index (κ3) is 1.95. The SMILES string of the molecule is CO[C@@H]1CC[C@]23Oc4cccc5c4[C@](Oc4ccc(O)c1c42)(O3)[C@H](OC)CC5=O. The van der Waals surface area contributed by atoms with Crippen LogP contribution in [-0.2, 0) is 25.8 Å². The normalized spacial score (nSPS) is 33.2. The van der Waals surface area contributed by atoms with Crippen molar-refractivity contribution in [3.05, 3.63) is 52.6 Å². The minimum atomic E-state index is -1.30. The molecule has 7 nitrogen and oxygen atoms in total. The number of ketones is 1. The van der Waals surface area contributed by atoms with Gasteiger partial charge in [-0.05, 0) is 24.6 Å². The number of Topliss-reactive ketones (excluding diaryl/α,β-unsaturated/α-hetero) is 1. The molecule has 2 aromatic rings. The molecule has 2 aliphatic heterocycles. The van der Waals surface area contributed by atoms with Gasteiger partial charge in [-0.15, -0.1) is 0 Å². The van der Waals surface area contributed by atoms with Crippen molar-refractivity contribution in [1.82, 2.24) is 0 Å². The summed E-state index contributed by atoms with van der Waals surface area (Å²) in [5.74, 6) is -1.29. The summed E-state index contributed by atoms with van der Waals surface area (Å²) >= 11 is 0. The summed E-state index contributed by atoms with van der Waals surface area (Å²) in [6.07, 6.45) is 0.328. The van der Waals surface area contributed by atoms with Gasteiger partial charge < -0.3 is 24.1 Å². The van der Waals surface area contributed by atoms with Crippen LogP contribution in [0.3, 0.4) is 0 Å². The highest BCUT2D eigenvalue weighted by molar-refractivity contribution is 6.00. The Kier molecular flexibility index (Phi) is 3.28. The van der Waals surface area contributed by atoms with Crippen LogP contribution in [0.15, 0.2) is 30.3 Å². The number of rotatable bonds is 2. The molecule has 2 spiro atoms. The summed E-state index contributed by atoms with van der Waals surface area (Å²) in [7, 11) is 3.17. The van der Waals surface area contributed by atoms with E-state index in [4.69, 9.17) is 23.7 Å². The van der Waals surface area contributed by atoms with Crippen molar-refractivity contribution in [3.63, 3.8) is 0 Å². The van der Waals surface area contributed by atoms with E-state index in [-0.39, 0.29) is 24.1 Å². The zero-order valence-corrected chi connectivity index (χ0v) is 16.1. The fourth-order valence-corrected chi connectivity index (χ4v) is 5.30. The molecular weight excluding hydrogens is 376 g/mol. The van der Waals surface area contributed by atoms with E-state index in [1.54, 1.807) is 38.5 Å². The Morgan fingerprint density at radius 2 is 1.90 bits per heavy atom. The second kappa shape index (κ2) is 5.50. The molecule has 0 saturated heterocycles. The Hall–Kier alpha value is -2.61. The van der Waals surface area contributed by atoms with E-state index in [1.165, 1.54) is 0 Å². The van der Waals surface area contributed by atoms with Crippen LogP contribution in [0.1, 0.15) is 52.4 Å². The van der Waals surface area contributed by atoms with Gasteiger partial charge in [-0.25, -0.2) is 0 Å². The Morgan fingerprint density at radius 3 is 2.69 bits per heavy atom. The maximum Gasteiger partial charge on any atom is 0.271 e. The fourth-order valence-electron chi connectivity index (χ4n) is 5.30. The molecule has 2 aliphatic carbocycles. The van der Waals surface area contributed by atoms with E-state index in [2.05, 4.69) is 0 Å². The van der Waals surface area contributed by atoms with E-state index in [1.807, 2.05) is 6.07 Å². The van der Waals surface area contributed by atoms with Gasteiger partial charge in [0.1, 0.15) is 23.4 Å². The molecule has 2 aromatic carbocycles. The number of methoxy groups -OCH3 is 2. The molecule has 2 bridgehead atoms. The molecule has 0 unspecified atom stereocenters. The zero-order valence-electron chi connectivity index (χ0n) is 16.1. The number of ether oxygens (including phenoxy) is 5. The van der Waals surface area contributed by atoms with Crippen LogP contribution in [0.25, 0.3) is 0 Å². The van der Waals surface area contributed by atoms with Crippen LogP contribution >= 0.6 is 0 Å². The summed E-state index contributed by atoms with van der Waals surface area (Å²) in [6.45, 7) is 0. The average Bonchev–Trinajstić information content (AvgIpc) is 2.72. The minimum Gasteiger partial charge on any atom is -0.508 e. The third-order valence-electron chi connectivity index (χ3n) is 6.51. The van der Waals surface area contributed by atoms with E-state index < -0.39 is 17.7 Å². The van der Waals surface area contributed by atoms with Crippen LogP contribution in [0.4, 0.5) is 0 Å². The molecule has 0 saturated carbocycles. The van der Waals surface area contributed by atoms with Crippen LogP contribution in [0, 0.1) is 0 Å². The van der Waals surface area contributed by atoms with E-state index in [9.17, 15) is 9.90 Å². The van der Waals surface area contributed by atoms with Crippen LogP contribution in [0.5, 0.6) is 17.2 Å². The largest absolute Gasteiger partial charge is 0.508 e. The summed E-state index contributed by atoms with van der Waals surface area (Å²) in [5, 5.41) is 10.6. The molecule has 4 atom stereocenters. The standard InChI is InChI=1S/C22H20O7/c1-25-14-8-9-21-20-16(7-6-12(23)18(14)20)28-22(29-21)17(26-2)10-13(24)11-4-3-5-15(27-21)19(11)22/h3-7,14,17,23H,8-10H2,1-2H3/t14-,17-,21-,22-/m1/s1. The molecule has 0 radical (unpaired) electrons. The van der Waals surface area contributed by atoms with Gasteiger partial charge in [-0.1, -0.05) is 12.1 Å². The maximum absolute atomic E-state index is 12.7. The van der Waals surface area contributed by atoms with Crippen LogP contribution < -0.4 is 9.47 Å². The van der Waals surface area contributed by atoms with E-state index in [0.717, 1.165) is 0 Å². The molecule has 7 heteroatoms. The van der Waals surface area contributed by atoms with Crippen molar-refractivity contribution in [2.75, 3.05) is 14.2 Å². The van der Waals surface area contributed by atoms with Crippen LogP contribution in [-0.4, -0.2) is 31.2 Å². The number of carbonyl (C=O) groups excluding carboxylic acids is 1. The lowest BCUT2D eigenvalue weighted by Crippen LogP contribution is -2.63. The fraction of sp³-hybridized carbons (Fsp3) is 0.409. The third-order valence-corrected chi connectivity index (χ3v) is 6.51. The summed E-state index contributed by atoms with van der Waals surface area (Å²) in [5.41, 5.74) is 2.36. The van der Waals surface area contributed by atoms with Gasteiger partial charge >= 0.3 is 0 Å². The molecule has 2 heterocycles. The van der Waals surface area contributed by atoms with E-state index >= 15 is 0 Å². The second-order valence-electron chi connectivity index (χ2n) is 7.89. The van der Waals surface area contributed by atoms with Gasteiger partial charge in [-0.2, -0.15) is 0 Å². The Bertz CT molecular complexity index is 1060. The number of aromatic hydroxyl groups is 1. The average molecular weight is 396 g/mol. The van der Waals surface area contributed by atoms with Gasteiger partial charge in [0.25, 0.3) is 5.79 Å². The van der Waals surface area contributed by atoms with Crippen molar-refractivity contribution in [2.45, 2.75) is 43.0 Å². The molecule has 150 valence electrons. The van der Waals surface area contributed by atoms with E-state index in [0.29, 0.717) is 46.6 Å². The van der Waals surface area contributed by atoms with Gasteiger partial charge in [-0.3, -0.25) is 9.53 Å². The Labute approximate surface area is 167 Å². The number of hydrogen-bond donors (Lipinski definition) is 1. The predicted octanol–water partition coefficient (Wildman–Crippen LogP) is 3.28. The molecule has 0 amide bonds. The predicted molar refractivity (Wildman–Crippen MR) is 99.0 cm³/mol. The monoisotopic (exact) mass is 396 g/mol. The van der Waals surface area contributed by atoms with Gasteiger partial charge in [0.05, 0.1) is 17.2 Å². The van der Waals surface area contributed by atoms with Crippen molar-refractivity contribution in [3.8, 4) is 17.2 Å². The topological polar surface area (TPSA) is 83.5 Å².